The molecule has 1 aromatic carbocycles. The second kappa shape index (κ2) is 4.94. The zero-order valence-corrected chi connectivity index (χ0v) is 9.22. The fraction of sp³-hybridized carbons (Fsp3) is 0.308. The van der Waals surface area contributed by atoms with Gasteiger partial charge in [0, 0.05) is 6.08 Å². The molecule has 0 bridgehead atoms. The number of amides is 1. The molecule has 1 heterocycles. The van der Waals surface area contributed by atoms with Gasteiger partial charge in [-0.05, 0) is 18.6 Å². The monoisotopic (exact) mass is 217 g/mol. The van der Waals surface area contributed by atoms with Gasteiger partial charge < -0.3 is 10.1 Å². The summed E-state index contributed by atoms with van der Waals surface area (Å²) in [5, 5.41) is 2.81. The Labute approximate surface area is 95.1 Å². The second-order valence-corrected chi connectivity index (χ2v) is 3.92. The van der Waals surface area contributed by atoms with Gasteiger partial charge in [-0.3, -0.25) is 4.79 Å². The van der Waals surface area contributed by atoms with Gasteiger partial charge in [0.25, 0.3) is 0 Å². The summed E-state index contributed by atoms with van der Waals surface area (Å²) in [6.07, 6.45) is 3.29. The first-order valence-corrected chi connectivity index (χ1v) is 5.40. The molecular weight excluding hydrogens is 202 g/mol. The average Bonchev–Trinajstić information content (AvgIpc) is 2.29. The molecule has 1 aliphatic heterocycles. The Morgan fingerprint density at radius 3 is 2.75 bits per heavy atom. The molecule has 0 spiro atoms. The minimum atomic E-state index is -0.0490. The largest absolute Gasteiger partial charge is 0.367 e. The van der Waals surface area contributed by atoms with Crippen LogP contribution in [0.1, 0.15) is 12.5 Å². The topological polar surface area (TPSA) is 38.3 Å². The molecule has 3 nitrogen and oxygen atoms in total. The number of carbonyl (C=O) groups excluding carboxylic acids is 1. The van der Waals surface area contributed by atoms with Gasteiger partial charge in [-0.15, -0.1) is 0 Å². The maximum absolute atomic E-state index is 11.0. The smallest absolute Gasteiger partial charge is 0.244 e. The third-order valence-corrected chi connectivity index (χ3v) is 2.59. The number of nitrogens with one attached hydrogen (secondary N) is 1. The zero-order chi connectivity index (χ0) is 11.4. The van der Waals surface area contributed by atoms with E-state index in [4.69, 9.17) is 4.74 Å². The Balaban J connectivity index is 1.91. The summed E-state index contributed by atoms with van der Waals surface area (Å²) < 4.78 is 5.73. The quantitative estimate of drug-likeness (QED) is 0.836. The van der Waals surface area contributed by atoms with Crippen LogP contribution in [0.2, 0.25) is 0 Å². The van der Waals surface area contributed by atoms with Crippen molar-refractivity contribution in [2.75, 3.05) is 0 Å². The Morgan fingerprint density at radius 1 is 1.31 bits per heavy atom. The van der Waals surface area contributed by atoms with Gasteiger partial charge in [0.05, 0.1) is 18.8 Å². The fourth-order valence-corrected chi connectivity index (χ4v) is 1.67. The number of ether oxygens (including phenoxy) is 1. The number of benzene rings is 1. The third kappa shape index (κ3) is 2.70. The first kappa shape index (κ1) is 10.9. The highest BCUT2D eigenvalue weighted by Crippen LogP contribution is 2.10. The molecule has 2 rings (SSSR count). The maximum Gasteiger partial charge on any atom is 0.244 e. The molecule has 0 saturated heterocycles. The fourth-order valence-electron chi connectivity index (χ4n) is 1.67. The van der Waals surface area contributed by atoms with Crippen LogP contribution in [-0.2, 0) is 16.1 Å². The Kier molecular flexibility index (Phi) is 3.37. The molecule has 1 aliphatic rings. The van der Waals surface area contributed by atoms with E-state index in [1.807, 2.05) is 43.3 Å². The van der Waals surface area contributed by atoms with E-state index in [0.29, 0.717) is 6.61 Å². The van der Waals surface area contributed by atoms with Crippen molar-refractivity contribution in [2.45, 2.75) is 25.7 Å². The summed E-state index contributed by atoms with van der Waals surface area (Å²) in [4.78, 5) is 11.0. The number of rotatable bonds is 3. The minimum Gasteiger partial charge on any atom is -0.367 e. The van der Waals surface area contributed by atoms with Gasteiger partial charge in [0.1, 0.15) is 0 Å². The molecule has 0 saturated carbocycles. The van der Waals surface area contributed by atoms with Crippen molar-refractivity contribution >= 4 is 5.91 Å². The lowest BCUT2D eigenvalue weighted by molar-refractivity contribution is -0.118. The van der Waals surface area contributed by atoms with E-state index in [-0.39, 0.29) is 18.1 Å². The highest BCUT2D eigenvalue weighted by atomic mass is 16.5. The molecule has 0 unspecified atom stereocenters. The van der Waals surface area contributed by atoms with E-state index in [1.165, 1.54) is 6.08 Å². The van der Waals surface area contributed by atoms with Crippen LogP contribution < -0.4 is 5.32 Å². The van der Waals surface area contributed by atoms with Crippen molar-refractivity contribution in [3.63, 3.8) is 0 Å². The molecule has 16 heavy (non-hydrogen) atoms. The molecule has 2 atom stereocenters. The molecule has 3 heteroatoms. The highest BCUT2D eigenvalue weighted by molar-refractivity contribution is 5.88. The van der Waals surface area contributed by atoms with Crippen LogP contribution in [-0.4, -0.2) is 18.1 Å². The zero-order valence-electron chi connectivity index (χ0n) is 9.22. The Hall–Kier alpha value is -1.61. The van der Waals surface area contributed by atoms with Crippen LogP contribution in [0.25, 0.3) is 0 Å². The Morgan fingerprint density at radius 2 is 2.06 bits per heavy atom. The van der Waals surface area contributed by atoms with Crippen LogP contribution in [0.15, 0.2) is 42.5 Å². The molecule has 0 aliphatic carbocycles. The second-order valence-electron chi connectivity index (χ2n) is 3.92. The number of carbonyl (C=O) groups is 1. The van der Waals surface area contributed by atoms with Gasteiger partial charge in [-0.2, -0.15) is 0 Å². The average molecular weight is 217 g/mol. The molecule has 1 N–H and O–H groups in total. The SMILES string of the molecule is C[C@@H]1NC(=O)C=C[C@@H]1OCc1ccccc1. The van der Waals surface area contributed by atoms with Crippen molar-refractivity contribution in [3.8, 4) is 0 Å². The summed E-state index contributed by atoms with van der Waals surface area (Å²) in [6, 6.07) is 10.0. The van der Waals surface area contributed by atoms with Crippen molar-refractivity contribution in [3.05, 3.63) is 48.0 Å². The van der Waals surface area contributed by atoms with Crippen LogP contribution in [0.5, 0.6) is 0 Å². The van der Waals surface area contributed by atoms with Gasteiger partial charge >= 0.3 is 0 Å². The highest BCUT2D eigenvalue weighted by Gasteiger charge is 2.20. The molecule has 0 radical (unpaired) electrons. The van der Waals surface area contributed by atoms with E-state index in [1.54, 1.807) is 0 Å². The summed E-state index contributed by atoms with van der Waals surface area (Å²) in [5.41, 5.74) is 1.14. The number of hydrogen-bond acceptors (Lipinski definition) is 2. The van der Waals surface area contributed by atoms with Crippen molar-refractivity contribution < 1.29 is 9.53 Å². The standard InChI is InChI=1S/C13H15NO2/c1-10-12(7-8-13(15)14-10)16-9-11-5-3-2-4-6-11/h2-8,10,12H,9H2,1H3,(H,14,15)/t10-,12-/m0/s1. The maximum atomic E-state index is 11.0. The van der Waals surface area contributed by atoms with E-state index >= 15 is 0 Å². The van der Waals surface area contributed by atoms with Crippen molar-refractivity contribution in [2.24, 2.45) is 0 Å². The molecule has 84 valence electrons. The summed E-state index contributed by atoms with van der Waals surface area (Å²) >= 11 is 0. The van der Waals surface area contributed by atoms with Crippen LogP contribution in [0.3, 0.4) is 0 Å². The van der Waals surface area contributed by atoms with Crippen LogP contribution >= 0.6 is 0 Å². The molecule has 0 fully saturated rings. The first-order valence-electron chi connectivity index (χ1n) is 5.40. The van der Waals surface area contributed by atoms with Gasteiger partial charge in [-0.25, -0.2) is 0 Å². The molecule has 1 amide bonds. The van der Waals surface area contributed by atoms with Crippen LogP contribution in [0, 0.1) is 0 Å². The lowest BCUT2D eigenvalue weighted by atomic mass is 10.1. The van der Waals surface area contributed by atoms with Gasteiger partial charge in [-0.1, -0.05) is 30.3 Å². The predicted octanol–water partition coefficient (Wildman–Crippen LogP) is 1.65. The first-order chi connectivity index (χ1) is 7.75. The normalized spacial score (nSPS) is 24.2. The van der Waals surface area contributed by atoms with E-state index in [0.717, 1.165) is 5.56 Å². The molecule has 1 aromatic rings. The summed E-state index contributed by atoms with van der Waals surface area (Å²) in [7, 11) is 0. The third-order valence-electron chi connectivity index (χ3n) is 2.59. The number of hydrogen-bond donors (Lipinski definition) is 1. The van der Waals surface area contributed by atoms with Crippen molar-refractivity contribution in [1.82, 2.24) is 5.32 Å². The van der Waals surface area contributed by atoms with E-state index in [9.17, 15) is 4.79 Å². The lowest BCUT2D eigenvalue weighted by Gasteiger charge is -2.25. The molecular formula is C13H15NO2. The summed E-state index contributed by atoms with van der Waals surface area (Å²) in [6.45, 7) is 2.51. The van der Waals surface area contributed by atoms with E-state index < -0.39 is 0 Å². The minimum absolute atomic E-state index is 0.0289. The summed E-state index contributed by atoms with van der Waals surface area (Å²) in [5.74, 6) is -0.0490. The van der Waals surface area contributed by atoms with Gasteiger partial charge in [0.2, 0.25) is 5.91 Å². The molecule has 0 aromatic heterocycles. The van der Waals surface area contributed by atoms with Gasteiger partial charge in [0.15, 0.2) is 0 Å². The predicted molar refractivity (Wildman–Crippen MR) is 61.8 cm³/mol. The lowest BCUT2D eigenvalue weighted by Crippen LogP contribution is -2.44. The Bertz CT molecular complexity index is 386. The van der Waals surface area contributed by atoms with E-state index in [2.05, 4.69) is 5.32 Å². The van der Waals surface area contributed by atoms with Crippen LogP contribution in [0.4, 0.5) is 0 Å². The van der Waals surface area contributed by atoms with Crippen molar-refractivity contribution in [1.29, 1.82) is 0 Å².